The third-order valence-corrected chi connectivity index (χ3v) is 4.12. The third kappa shape index (κ3) is 3.20. The molecule has 1 aromatic carbocycles. The van der Waals surface area contributed by atoms with Crippen molar-refractivity contribution in [1.82, 2.24) is 10.3 Å². The molecule has 114 valence electrons. The van der Waals surface area contributed by atoms with Crippen LogP contribution in [0, 0.1) is 0 Å². The van der Waals surface area contributed by atoms with Crippen LogP contribution in [0.1, 0.15) is 30.0 Å². The lowest BCUT2D eigenvalue weighted by atomic mass is 9.88. The molecule has 1 aliphatic carbocycles. The molecule has 3 rings (SSSR count). The van der Waals surface area contributed by atoms with Crippen molar-refractivity contribution in [3.05, 3.63) is 53.7 Å². The minimum absolute atomic E-state index is 0.250. The van der Waals surface area contributed by atoms with Crippen molar-refractivity contribution >= 4 is 23.1 Å². The first-order valence-corrected chi connectivity index (χ1v) is 7.83. The number of aryl methyl sites for hydroxylation is 1. The van der Waals surface area contributed by atoms with Crippen LogP contribution in [0.15, 0.2) is 42.6 Å². The molecule has 0 spiro atoms. The van der Waals surface area contributed by atoms with Gasteiger partial charge in [0, 0.05) is 6.20 Å². The zero-order chi connectivity index (χ0) is 15.4. The van der Waals surface area contributed by atoms with Crippen molar-refractivity contribution in [2.75, 3.05) is 12.4 Å². The first-order valence-electron chi connectivity index (χ1n) is 7.42. The lowest BCUT2D eigenvalue weighted by molar-refractivity contribution is 0.415. The van der Waals surface area contributed by atoms with Gasteiger partial charge in [-0.3, -0.25) is 0 Å². The van der Waals surface area contributed by atoms with Gasteiger partial charge < -0.3 is 15.4 Å². The normalized spacial score (nSPS) is 16.5. The molecule has 0 saturated heterocycles. The van der Waals surface area contributed by atoms with Gasteiger partial charge in [0.15, 0.2) is 16.7 Å². The lowest BCUT2D eigenvalue weighted by Gasteiger charge is -2.27. The largest absolute Gasteiger partial charge is 0.493 e. The molecule has 2 N–H and O–H groups in total. The Hall–Kier alpha value is -2.14. The summed E-state index contributed by atoms with van der Waals surface area (Å²) < 4.78 is 5.28. The number of thiocarbonyl (C=S) groups is 1. The van der Waals surface area contributed by atoms with Crippen LogP contribution < -0.4 is 15.4 Å². The van der Waals surface area contributed by atoms with Crippen molar-refractivity contribution in [3.8, 4) is 5.75 Å². The molecular formula is C17H19N3OS. The van der Waals surface area contributed by atoms with E-state index in [1.807, 2.05) is 12.1 Å². The molecule has 0 fully saturated rings. The van der Waals surface area contributed by atoms with Crippen LogP contribution in [0.25, 0.3) is 0 Å². The number of benzene rings is 1. The highest BCUT2D eigenvalue weighted by Gasteiger charge is 2.20. The average molecular weight is 313 g/mol. The van der Waals surface area contributed by atoms with Crippen molar-refractivity contribution < 1.29 is 4.74 Å². The third-order valence-electron chi connectivity index (χ3n) is 3.90. The Morgan fingerprint density at radius 3 is 3.00 bits per heavy atom. The van der Waals surface area contributed by atoms with Gasteiger partial charge >= 0.3 is 0 Å². The van der Waals surface area contributed by atoms with Crippen molar-refractivity contribution in [2.24, 2.45) is 0 Å². The van der Waals surface area contributed by atoms with Gasteiger partial charge in [0.1, 0.15) is 0 Å². The number of methoxy groups -OCH3 is 1. The minimum atomic E-state index is 0.250. The number of nitrogens with zero attached hydrogens (tertiary/aromatic N) is 1. The van der Waals surface area contributed by atoms with Gasteiger partial charge in [0.05, 0.1) is 13.2 Å². The summed E-state index contributed by atoms with van der Waals surface area (Å²) in [4.78, 5) is 4.26. The second-order valence-corrected chi connectivity index (χ2v) is 5.70. The van der Waals surface area contributed by atoms with E-state index in [-0.39, 0.29) is 6.04 Å². The molecule has 22 heavy (non-hydrogen) atoms. The average Bonchev–Trinajstić information content (AvgIpc) is 2.55. The van der Waals surface area contributed by atoms with E-state index >= 15 is 0 Å². The fraction of sp³-hybridized carbons (Fsp3) is 0.294. The number of rotatable bonds is 3. The van der Waals surface area contributed by atoms with Gasteiger partial charge in [-0.1, -0.05) is 24.3 Å². The number of pyridine rings is 1. The molecule has 0 amide bonds. The summed E-state index contributed by atoms with van der Waals surface area (Å²) in [7, 11) is 1.62. The van der Waals surface area contributed by atoms with E-state index in [4.69, 9.17) is 17.0 Å². The summed E-state index contributed by atoms with van der Waals surface area (Å²) in [6.45, 7) is 0. The molecule has 5 heteroatoms. The van der Waals surface area contributed by atoms with Gasteiger partial charge in [0.25, 0.3) is 0 Å². The number of nitrogens with one attached hydrogen (secondary N) is 2. The van der Waals surface area contributed by atoms with E-state index in [9.17, 15) is 0 Å². The summed E-state index contributed by atoms with van der Waals surface area (Å²) in [5.41, 5.74) is 2.75. The van der Waals surface area contributed by atoms with E-state index in [2.05, 4.69) is 39.9 Å². The SMILES string of the molecule is COc1cccnc1NC(=S)N[C@@H]1CCCc2ccccc21. The Morgan fingerprint density at radius 1 is 1.27 bits per heavy atom. The Balaban J connectivity index is 1.70. The van der Waals surface area contributed by atoms with Crippen molar-refractivity contribution in [1.29, 1.82) is 0 Å². The zero-order valence-electron chi connectivity index (χ0n) is 12.5. The maximum Gasteiger partial charge on any atom is 0.174 e. The minimum Gasteiger partial charge on any atom is -0.493 e. The van der Waals surface area contributed by atoms with Gasteiger partial charge in [-0.15, -0.1) is 0 Å². The van der Waals surface area contributed by atoms with E-state index in [0.717, 1.165) is 12.8 Å². The molecule has 1 atom stereocenters. The predicted octanol–water partition coefficient (Wildman–Crippen LogP) is 3.45. The second-order valence-electron chi connectivity index (χ2n) is 5.30. The molecule has 0 aliphatic heterocycles. The molecule has 4 nitrogen and oxygen atoms in total. The quantitative estimate of drug-likeness (QED) is 0.850. The Morgan fingerprint density at radius 2 is 2.14 bits per heavy atom. The fourth-order valence-electron chi connectivity index (χ4n) is 2.85. The number of aromatic nitrogens is 1. The van der Waals surface area contributed by atoms with Crippen molar-refractivity contribution in [3.63, 3.8) is 0 Å². The smallest absolute Gasteiger partial charge is 0.174 e. The summed E-state index contributed by atoms with van der Waals surface area (Å²) in [5.74, 6) is 1.31. The zero-order valence-corrected chi connectivity index (χ0v) is 13.3. The highest BCUT2D eigenvalue weighted by atomic mass is 32.1. The van der Waals surface area contributed by atoms with E-state index in [0.29, 0.717) is 16.7 Å². The number of hydrogen-bond acceptors (Lipinski definition) is 3. The van der Waals surface area contributed by atoms with E-state index < -0.39 is 0 Å². The van der Waals surface area contributed by atoms with Gasteiger partial charge in [-0.2, -0.15) is 0 Å². The standard InChI is InChI=1S/C17H19N3OS/c1-21-15-10-5-11-18-16(15)20-17(22)19-14-9-4-7-12-6-2-3-8-13(12)14/h2-3,5-6,8,10-11,14H,4,7,9H2,1H3,(H2,18,19,20,22)/t14-/m1/s1. The molecule has 1 heterocycles. The number of hydrogen-bond donors (Lipinski definition) is 2. The van der Waals surface area contributed by atoms with Crippen LogP contribution in [0.2, 0.25) is 0 Å². The first kappa shape index (κ1) is 14.8. The van der Waals surface area contributed by atoms with Gasteiger partial charge in [-0.25, -0.2) is 4.98 Å². The van der Waals surface area contributed by atoms with E-state index in [1.165, 1.54) is 17.5 Å². The van der Waals surface area contributed by atoms with Gasteiger partial charge in [0.2, 0.25) is 0 Å². The topological polar surface area (TPSA) is 46.2 Å². The second kappa shape index (κ2) is 6.75. The number of anilines is 1. The van der Waals surface area contributed by atoms with Crippen LogP contribution in [0.4, 0.5) is 5.82 Å². The molecule has 2 aromatic rings. The highest BCUT2D eigenvalue weighted by Crippen LogP contribution is 2.29. The Kier molecular flexibility index (Phi) is 4.53. The summed E-state index contributed by atoms with van der Waals surface area (Å²) in [6, 6.07) is 12.5. The van der Waals surface area contributed by atoms with Crippen molar-refractivity contribution in [2.45, 2.75) is 25.3 Å². The Labute approximate surface area is 135 Å². The van der Waals surface area contributed by atoms with Crippen LogP contribution >= 0.6 is 12.2 Å². The predicted molar refractivity (Wildman–Crippen MR) is 92.3 cm³/mol. The molecular weight excluding hydrogens is 294 g/mol. The summed E-state index contributed by atoms with van der Waals surface area (Å²) in [5, 5.41) is 7.09. The lowest BCUT2D eigenvalue weighted by Crippen LogP contribution is -2.34. The molecule has 0 unspecified atom stereocenters. The summed E-state index contributed by atoms with van der Waals surface area (Å²) in [6.07, 6.45) is 5.11. The van der Waals surface area contributed by atoms with Crippen LogP contribution in [-0.4, -0.2) is 17.2 Å². The number of fused-ring (bicyclic) bond motifs is 1. The molecule has 1 aliphatic rings. The van der Waals surface area contributed by atoms with Gasteiger partial charge in [-0.05, 0) is 54.7 Å². The first-order chi connectivity index (χ1) is 10.8. The van der Waals surface area contributed by atoms with Crippen LogP contribution in [0.5, 0.6) is 5.75 Å². The molecule has 1 aromatic heterocycles. The van der Waals surface area contributed by atoms with Crippen LogP contribution in [0.3, 0.4) is 0 Å². The molecule has 0 saturated carbocycles. The maximum atomic E-state index is 5.44. The Bertz CT molecular complexity index is 674. The maximum absolute atomic E-state index is 5.44. The van der Waals surface area contributed by atoms with E-state index in [1.54, 1.807) is 13.3 Å². The monoisotopic (exact) mass is 313 g/mol. The fourth-order valence-corrected chi connectivity index (χ4v) is 3.09. The molecule has 0 bridgehead atoms. The summed E-state index contributed by atoms with van der Waals surface area (Å²) >= 11 is 5.44. The highest BCUT2D eigenvalue weighted by molar-refractivity contribution is 7.80. The molecule has 0 radical (unpaired) electrons. The van der Waals surface area contributed by atoms with Crippen LogP contribution in [-0.2, 0) is 6.42 Å². The number of ether oxygens (including phenoxy) is 1.